The number of hydrogen-bond acceptors (Lipinski definition) is 2. The Balaban J connectivity index is 2.04. The Kier molecular flexibility index (Phi) is 5.80. The van der Waals surface area contributed by atoms with Crippen LogP contribution in [0.2, 0.25) is 0 Å². The van der Waals surface area contributed by atoms with E-state index in [-0.39, 0.29) is 11.3 Å². The number of carbonyl (C=O) groups is 1. The van der Waals surface area contributed by atoms with Crippen molar-refractivity contribution in [1.82, 2.24) is 5.32 Å². The van der Waals surface area contributed by atoms with Crippen LogP contribution in [0.15, 0.2) is 24.3 Å². The van der Waals surface area contributed by atoms with E-state index in [1.165, 1.54) is 5.56 Å². The van der Waals surface area contributed by atoms with Crippen LogP contribution in [0.5, 0.6) is 0 Å². The largest absolute Gasteiger partial charge is 0.326 e. The minimum Gasteiger partial charge on any atom is -0.326 e. The van der Waals surface area contributed by atoms with Gasteiger partial charge in [-0.3, -0.25) is 4.79 Å². The molecule has 0 aromatic heterocycles. The van der Waals surface area contributed by atoms with Gasteiger partial charge in [-0.15, -0.1) is 0 Å². The van der Waals surface area contributed by atoms with Gasteiger partial charge in [0.15, 0.2) is 0 Å². The SMILES string of the molecule is CCCc1ccc(NC(=O)C2(CCC)CCNCC2)cc1. The highest BCUT2D eigenvalue weighted by Gasteiger charge is 2.38. The Labute approximate surface area is 128 Å². The Morgan fingerprint density at radius 3 is 2.38 bits per heavy atom. The summed E-state index contributed by atoms with van der Waals surface area (Å²) in [5.41, 5.74) is 2.08. The molecule has 2 rings (SSSR count). The molecule has 116 valence electrons. The molecule has 1 aromatic carbocycles. The van der Waals surface area contributed by atoms with Crippen LogP contribution in [0, 0.1) is 5.41 Å². The van der Waals surface area contributed by atoms with Gasteiger partial charge in [0.05, 0.1) is 5.41 Å². The van der Waals surface area contributed by atoms with Gasteiger partial charge in [0.2, 0.25) is 5.91 Å². The highest BCUT2D eigenvalue weighted by molar-refractivity contribution is 5.95. The Bertz CT molecular complexity index is 441. The molecule has 0 atom stereocenters. The van der Waals surface area contributed by atoms with Crippen molar-refractivity contribution in [3.63, 3.8) is 0 Å². The zero-order valence-electron chi connectivity index (χ0n) is 13.4. The number of nitrogens with one attached hydrogen (secondary N) is 2. The topological polar surface area (TPSA) is 41.1 Å². The molecule has 1 aliphatic rings. The van der Waals surface area contributed by atoms with Crippen molar-refractivity contribution < 1.29 is 4.79 Å². The molecule has 0 unspecified atom stereocenters. The molecule has 3 nitrogen and oxygen atoms in total. The molecule has 0 bridgehead atoms. The highest BCUT2D eigenvalue weighted by Crippen LogP contribution is 2.35. The molecule has 3 heteroatoms. The summed E-state index contributed by atoms with van der Waals surface area (Å²) in [6.07, 6.45) is 6.18. The second kappa shape index (κ2) is 7.60. The van der Waals surface area contributed by atoms with Crippen LogP contribution in [-0.4, -0.2) is 19.0 Å². The van der Waals surface area contributed by atoms with Crippen molar-refractivity contribution in [2.75, 3.05) is 18.4 Å². The van der Waals surface area contributed by atoms with E-state index in [9.17, 15) is 4.79 Å². The highest BCUT2D eigenvalue weighted by atomic mass is 16.2. The van der Waals surface area contributed by atoms with Crippen molar-refractivity contribution in [3.05, 3.63) is 29.8 Å². The first-order valence-electron chi connectivity index (χ1n) is 8.31. The van der Waals surface area contributed by atoms with Gasteiger partial charge < -0.3 is 10.6 Å². The van der Waals surface area contributed by atoms with Crippen LogP contribution in [0.3, 0.4) is 0 Å². The fraction of sp³-hybridized carbons (Fsp3) is 0.611. The van der Waals surface area contributed by atoms with Crippen molar-refractivity contribution in [3.8, 4) is 0 Å². The maximum absolute atomic E-state index is 12.8. The van der Waals surface area contributed by atoms with Gasteiger partial charge in [0.25, 0.3) is 0 Å². The molecule has 1 fully saturated rings. The molecule has 2 N–H and O–H groups in total. The van der Waals surface area contributed by atoms with Gasteiger partial charge >= 0.3 is 0 Å². The molecule has 0 spiro atoms. The number of benzene rings is 1. The fourth-order valence-corrected chi connectivity index (χ4v) is 3.28. The normalized spacial score (nSPS) is 17.4. The zero-order chi connectivity index (χ0) is 15.1. The quantitative estimate of drug-likeness (QED) is 0.837. The lowest BCUT2D eigenvalue weighted by Gasteiger charge is -2.36. The minimum atomic E-state index is -0.178. The van der Waals surface area contributed by atoms with Gasteiger partial charge in [-0.25, -0.2) is 0 Å². The van der Waals surface area contributed by atoms with Gasteiger partial charge in [0.1, 0.15) is 0 Å². The summed E-state index contributed by atoms with van der Waals surface area (Å²) in [6.45, 7) is 6.24. The molecule has 21 heavy (non-hydrogen) atoms. The number of carbonyl (C=O) groups excluding carboxylic acids is 1. The summed E-state index contributed by atoms with van der Waals surface area (Å²) >= 11 is 0. The summed E-state index contributed by atoms with van der Waals surface area (Å²) in [5.74, 6) is 0.203. The Morgan fingerprint density at radius 2 is 1.81 bits per heavy atom. The maximum atomic E-state index is 12.8. The number of rotatable bonds is 6. The predicted octanol–water partition coefficient (Wildman–Crippen LogP) is 3.75. The average molecular weight is 288 g/mol. The summed E-state index contributed by atoms with van der Waals surface area (Å²) in [7, 11) is 0. The molecule has 1 aliphatic heterocycles. The third kappa shape index (κ3) is 4.07. The maximum Gasteiger partial charge on any atom is 0.230 e. The Morgan fingerprint density at radius 1 is 1.14 bits per heavy atom. The molecule has 1 heterocycles. The first kappa shape index (κ1) is 16.0. The third-order valence-electron chi connectivity index (χ3n) is 4.52. The fourth-order valence-electron chi connectivity index (χ4n) is 3.28. The average Bonchev–Trinajstić information content (AvgIpc) is 2.51. The molecular formula is C18H28N2O. The van der Waals surface area contributed by atoms with Crippen LogP contribution in [0.1, 0.15) is 51.5 Å². The van der Waals surface area contributed by atoms with Gasteiger partial charge in [-0.05, 0) is 56.5 Å². The summed E-state index contributed by atoms with van der Waals surface area (Å²) in [6, 6.07) is 8.30. The molecule has 0 saturated carbocycles. The first-order valence-corrected chi connectivity index (χ1v) is 8.31. The second-order valence-corrected chi connectivity index (χ2v) is 6.18. The lowest BCUT2D eigenvalue weighted by molar-refractivity contribution is -0.127. The number of hydrogen-bond donors (Lipinski definition) is 2. The van der Waals surface area contributed by atoms with Crippen molar-refractivity contribution in [2.24, 2.45) is 5.41 Å². The van der Waals surface area contributed by atoms with E-state index in [0.29, 0.717) is 0 Å². The van der Waals surface area contributed by atoms with Gasteiger partial charge in [-0.1, -0.05) is 38.8 Å². The lowest BCUT2D eigenvalue weighted by atomic mass is 9.74. The molecule has 1 aromatic rings. The minimum absolute atomic E-state index is 0.178. The first-order chi connectivity index (χ1) is 10.2. The Hall–Kier alpha value is -1.35. The van der Waals surface area contributed by atoms with E-state index in [4.69, 9.17) is 0 Å². The second-order valence-electron chi connectivity index (χ2n) is 6.18. The monoisotopic (exact) mass is 288 g/mol. The number of piperidine rings is 1. The summed E-state index contributed by atoms with van der Waals surface area (Å²) in [4.78, 5) is 12.8. The van der Waals surface area contributed by atoms with Crippen LogP contribution in [-0.2, 0) is 11.2 Å². The lowest BCUT2D eigenvalue weighted by Crippen LogP contribution is -2.44. The van der Waals surface area contributed by atoms with Crippen molar-refractivity contribution in [2.45, 2.75) is 52.4 Å². The van der Waals surface area contributed by atoms with Gasteiger partial charge in [-0.2, -0.15) is 0 Å². The van der Waals surface area contributed by atoms with E-state index >= 15 is 0 Å². The predicted molar refractivity (Wildman–Crippen MR) is 88.5 cm³/mol. The smallest absolute Gasteiger partial charge is 0.230 e. The standard InChI is InChI=1S/C18H28N2O/c1-3-5-15-6-8-16(9-7-15)20-17(21)18(10-4-2)11-13-19-14-12-18/h6-9,19H,3-5,10-14H2,1-2H3,(H,20,21). The molecular weight excluding hydrogens is 260 g/mol. The summed E-state index contributed by atoms with van der Waals surface area (Å²) in [5, 5.41) is 6.50. The van der Waals surface area contributed by atoms with E-state index < -0.39 is 0 Å². The molecule has 1 amide bonds. The third-order valence-corrected chi connectivity index (χ3v) is 4.52. The van der Waals surface area contributed by atoms with Crippen LogP contribution >= 0.6 is 0 Å². The van der Waals surface area contributed by atoms with E-state index in [0.717, 1.165) is 57.3 Å². The molecule has 0 radical (unpaired) electrons. The van der Waals surface area contributed by atoms with E-state index in [1.54, 1.807) is 0 Å². The van der Waals surface area contributed by atoms with Crippen molar-refractivity contribution in [1.29, 1.82) is 0 Å². The van der Waals surface area contributed by atoms with Crippen molar-refractivity contribution >= 4 is 11.6 Å². The van der Waals surface area contributed by atoms with E-state index in [1.807, 2.05) is 12.1 Å². The number of anilines is 1. The zero-order valence-corrected chi connectivity index (χ0v) is 13.4. The van der Waals surface area contributed by atoms with Gasteiger partial charge in [0, 0.05) is 5.69 Å². The van der Waals surface area contributed by atoms with Crippen LogP contribution in [0.4, 0.5) is 5.69 Å². The van der Waals surface area contributed by atoms with Crippen LogP contribution < -0.4 is 10.6 Å². The molecule has 1 saturated heterocycles. The van der Waals surface area contributed by atoms with E-state index in [2.05, 4.69) is 36.6 Å². The number of aryl methyl sites for hydroxylation is 1. The molecule has 0 aliphatic carbocycles. The van der Waals surface area contributed by atoms with Crippen LogP contribution in [0.25, 0.3) is 0 Å². The summed E-state index contributed by atoms with van der Waals surface area (Å²) < 4.78 is 0. The number of amides is 1.